The van der Waals surface area contributed by atoms with E-state index in [0.29, 0.717) is 25.9 Å². The maximum Gasteiger partial charge on any atom is 0.242 e. The topological polar surface area (TPSA) is 80.5 Å². The van der Waals surface area contributed by atoms with Gasteiger partial charge >= 0.3 is 0 Å². The summed E-state index contributed by atoms with van der Waals surface area (Å²) in [6.45, 7) is 1.08. The van der Waals surface area contributed by atoms with Crippen LogP contribution in [0.25, 0.3) is 0 Å². The number of hydrogen-bond acceptors (Lipinski definition) is 4. The third kappa shape index (κ3) is 3.28. The summed E-state index contributed by atoms with van der Waals surface area (Å²) in [5.74, 6) is -0.444. The molecule has 1 aromatic carbocycles. The second-order valence-corrected chi connectivity index (χ2v) is 8.82. The third-order valence-corrected chi connectivity index (χ3v) is 7.23. The van der Waals surface area contributed by atoms with E-state index < -0.39 is 9.84 Å². The van der Waals surface area contributed by atoms with E-state index in [0.717, 1.165) is 30.5 Å². The molecule has 1 aromatic rings. The largest absolute Gasteiger partial charge is 0.330 e. The Balaban J connectivity index is 1.80. The number of amides is 1. The van der Waals surface area contributed by atoms with E-state index in [1.54, 1.807) is 4.90 Å². The maximum absolute atomic E-state index is 12.6. The first-order chi connectivity index (χ1) is 11.0. The molecule has 1 fully saturated rings. The van der Waals surface area contributed by atoms with Gasteiger partial charge in [0.05, 0.1) is 5.25 Å². The van der Waals surface area contributed by atoms with E-state index in [4.69, 9.17) is 5.73 Å². The molecule has 2 aliphatic rings. The number of anilines is 1. The van der Waals surface area contributed by atoms with Crippen LogP contribution < -0.4 is 10.6 Å². The summed E-state index contributed by atoms with van der Waals surface area (Å²) in [6.07, 6.45) is 4.07. The maximum atomic E-state index is 12.6. The van der Waals surface area contributed by atoms with Gasteiger partial charge in [-0.2, -0.15) is 0 Å². The summed E-state index contributed by atoms with van der Waals surface area (Å²) in [5.41, 5.74) is 7.69. The zero-order valence-corrected chi connectivity index (χ0v) is 14.1. The van der Waals surface area contributed by atoms with Gasteiger partial charge in [0.25, 0.3) is 0 Å². The second-order valence-electron chi connectivity index (χ2n) is 6.54. The highest BCUT2D eigenvalue weighted by Crippen LogP contribution is 2.35. The lowest BCUT2D eigenvalue weighted by molar-refractivity contribution is -0.116. The van der Waals surface area contributed by atoms with Crippen molar-refractivity contribution in [3.63, 3.8) is 0 Å². The highest BCUT2D eigenvalue weighted by Gasteiger charge is 2.34. The molecular formula is C17H24N2O3S. The summed E-state index contributed by atoms with van der Waals surface area (Å²) >= 11 is 0. The molecular weight excluding hydrogens is 312 g/mol. The molecule has 5 nitrogen and oxygen atoms in total. The number of nitrogens with zero attached hydrogens (tertiary/aromatic N) is 1. The normalized spacial score (nSPS) is 22.1. The average Bonchev–Trinajstić information content (AvgIpc) is 3.08. The van der Waals surface area contributed by atoms with Gasteiger partial charge in [-0.25, -0.2) is 8.42 Å². The Labute approximate surface area is 137 Å². The number of sulfone groups is 1. The first-order valence-corrected chi connectivity index (χ1v) is 10.1. The van der Waals surface area contributed by atoms with Crippen molar-refractivity contribution in [3.05, 3.63) is 29.8 Å². The van der Waals surface area contributed by atoms with Gasteiger partial charge in [-0.05, 0) is 43.4 Å². The van der Waals surface area contributed by atoms with Crippen LogP contribution in [0.15, 0.2) is 24.3 Å². The van der Waals surface area contributed by atoms with Gasteiger partial charge in [0, 0.05) is 12.2 Å². The molecule has 1 atom stereocenters. The summed E-state index contributed by atoms with van der Waals surface area (Å²) < 4.78 is 24.9. The van der Waals surface area contributed by atoms with Crippen LogP contribution in [-0.4, -0.2) is 38.4 Å². The van der Waals surface area contributed by atoms with Crippen LogP contribution in [0.5, 0.6) is 0 Å². The lowest BCUT2D eigenvalue weighted by Gasteiger charge is -2.34. The predicted molar refractivity (Wildman–Crippen MR) is 91.3 cm³/mol. The minimum absolute atomic E-state index is 0.238. The first-order valence-electron chi connectivity index (χ1n) is 8.34. The van der Waals surface area contributed by atoms with E-state index in [1.807, 2.05) is 24.3 Å². The molecule has 126 valence electrons. The van der Waals surface area contributed by atoms with Gasteiger partial charge < -0.3 is 10.6 Å². The van der Waals surface area contributed by atoms with Gasteiger partial charge in [0.2, 0.25) is 5.91 Å². The van der Waals surface area contributed by atoms with E-state index in [1.165, 1.54) is 0 Å². The molecule has 23 heavy (non-hydrogen) atoms. The van der Waals surface area contributed by atoms with Crippen LogP contribution in [0.2, 0.25) is 0 Å². The summed E-state index contributed by atoms with van der Waals surface area (Å²) in [4.78, 5) is 14.3. The molecule has 1 amide bonds. The van der Waals surface area contributed by atoms with Crippen LogP contribution in [0.3, 0.4) is 0 Å². The zero-order valence-electron chi connectivity index (χ0n) is 13.3. The molecule has 1 unspecified atom stereocenters. The monoisotopic (exact) mass is 336 g/mol. The molecule has 6 heteroatoms. The van der Waals surface area contributed by atoms with Gasteiger partial charge in [-0.1, -0.05) is 31.0 Å². The number of carbonyl (C=O) groups excluding carboxylic acids is 1. The van der Waals surface area contributed by atoms with Gasteiger partial charge in [0.15, 0.2) is 9.84 Å². The Bertz CT molecular complexity index is 681. The lowest BCUT2D eigenvalue weighted by atomic mass is 9.90. The number of benzene rings is 1. The Morgan fingerprint density at radius 3 is 2.57 bits per heavy atom. The van der Waals surface area contributed by atoms with Crippen molar-refractivity contribution in [2.75, 3.05) is 23.7 Å². The standard InChI is InChI=1S/C17H24N2O3S/c18-11-13-9-10-19(16-8-4-3-7-15(13)16)17(20)12-23(21,22)14-5-1-2-6-14/h3-4,7-8,13-14H,1-2,5-6,9-12,18H2. The summed E-state index contributed by atoms with van der Waals surface area (Å²) in [5, 5.41) is -0.330. The number of carbonyl (C=O) groups is 1. The molecule has 1 aliphatic carbocycles. The molecule has 2 N–H and O–H groups in total. The van der Waals surface area contributed by atoms with Gasteiger partial charge in [0.1, 0.15) is 5.75 Å². The molecule has 1 aliphatic heterocycles. The Kier molecular flexibility index (Phi) is 4.73. The van der Waals surface area contributed by atoms with Crippen molar-refractivity contribution in [3.8, 4) is 0 Å². The Morgan fingerprint density at radius 1 is 1.17 bits per heavy atom. The number of hydrogen-bond donors (Lipinski definition) is 1. The Hall–Kier alpha value is -1.40. The second kappa shape index (κ2) is 6.61. The van der Waals surface area contributed by atoms with E-state index >= 15 is 0 Å². The minimum Gasteiger partial charge on any atom is -0.330 e. The average molecular weight is 336 g/mol. The molecule has 3 rings (SSSR count). The molecule has 1 saturated carbocycles. The molecule has 0 saturated heterocycles. The number of rotatable bonds is 4. The van der Waals surface area contributed by atoms with Gasteiger partial charge in [-0.3, -0.25) is 4.79 Å². The predicted octanol–water partition coefficient (Wildman–Crippen LogP) is 1.82. The molecule has 0 bridgehead atoms. The van der Waals surface area contributed by atoms with Crippen molar-refractivity contribution in [2.24, 2.45) is 5.73 Å². The molecule has 0 spiro atoms. The molecule has 0 radical (unpaired) electrons. The van der Waals surface area contributed by atoms with Crippen molar-refractivity contribution >= 4 is 21.4 Å². The van der Waals surface area contributed by atoms with Crippen LogP contribution >= 0.6 is 0 Å². The van der Waals surface area contributed by atoms with Crippen LogP contribution in [0.1, 0.15) is 43.6 Å². The number of nitrogens with two attached hydrogens (primary N) is 1. The number of para-hydroxylation sites is 1. The molecule has 1 heterocycles. The fraction of sp³-hybridized carbons (Fsp3) is 0.588. The first kappa shape index (κ1) is 16.5. The smallest absolute Gasteiger partial charge is 0.242 e. The minimum atomic E-state index is -3.35. The van der Waals surface area contributed by atoms with Crippen molar-refractivity contribution < 1.29 is 13.2 Å². The fourth-order valence-electron chi connectivity index (χ4n) is 3.76. The third-order valence-electron chi connectivity index (χ3n) is 5.09. The fourth-order valence-corrected chi connectivity index (χ4v) is 5.55. The Morgan fingerprint density at radius 2 is 1.87 bits per heavy atom. The molecule has 0 aromatic heterocycles. The van der Waals surface area contributed by atoms with Crippen molar-refractivity contribution in [1.82, 2.24) is 0 Å². The van der Waals surface area contributed by atoms with Gasteiger partial charge in [-0.15, -0.1) is 0 Å². The SMILES string of the molecule is NCC1CCN(C(=O)CS(=O)(=O)C2CCCC2)c2ccccc21. The summed E-state index contributed by atoms with van der Waals surface area (Å²) in [7, 11) is -3.35. The van der Waals surface area contributed by atoms with E-state index in [2.05, 4.69) is 0 Å². The van der Waals surface area contributed by atoms with Crippen LogP contribution in [0, 0.1) is 0 Å². The van der Waals surface area contributed by atoms with E-state index in [-0.39, 0.29) is 22.8 Å². The van der Waals surface area contributed by atoms with Crippen LogP contribution in [-0.2, 0) is 14.6 Å². The lowest BCUT2D eigenvalue weighted by Crippen LogP contribution is -2.42. The van der Waals surface area contributed by atoms with Crippen molar-refractivity contribution in [1.29, 1.82) is 0 Å². The quantitative estimate of drug-likeness (QED) is 0.909. The van der Waals surface area contributed by atoms with E-state index in [9.17, 15) is 13.2 Å². The summed E-state index contributed by atoms with van der Waals surface area (Å²) in [6, 6.07) is 7.68. The number of fused-ring (bicyclic) bond motifs is 1. The zero-order chi connectivity index (χ0) is 16.4. The highest BCUT2D eigenvalue weighted by atomic mass is 32.2. The van der Waals surface area contributed by atoms with Crippen LogP contribution in [0.4, 0.5) is 5.69 Å². The van der Waals surface area contributed by atoms with Crippen molar-refractivity contribution in [2.45, 2.75) is 43.3 Å². The highest BCUT2D eigenvalue weighted by molar-refractivity contribution is 7.92.